The predicted octanol–water partition coefficient (Wildman–Crippen LogP) is 3.71. The number of esters is 1. The minimum absolute atomic E-state index is 0.0485. The number of fused-ring (bicyclic) bond motifs is 1. The van der Waals surface area contributed by atoms with E-state index in [9.17, 15) is 9.59 Å². The number of nitrogens with zero attached hydrogens (tertiary/aromatic N) is 2. The molecule has 6 nitrogen and oxygen atoms in total. The Labute approximate surface area is 174 Å². The topological polar surface area (TPSA) is 68.7 Å². The summed E-state index contributed by atoms with van der Waals surface area (Å²) in [6.07, 6.45) is 4.96. The third kappa shape index (κ3) is 4.45. The van der Waals surface area contributed by atoms with E-state index in [1.54, 1.807) is 10.9 Å². The maximum Gasteiger partial charge on any atom is 0.312 e. The molecule has 0 atom stereocenters. The van der Waals surface area contributed by atoms with Crippen LogP contribution < -0.4 is 4.74 Å². The maximum absolute atomic E-state index is 13.0. The molecule has 0 radical (unpaired) electrons. The number of amides is 1. The first-order chi connectivity index (χ1) is 14.2. The minimum atomic E-state index is -0.502. The van der Waals surface area contributed by atoms with Crippen LogP contribution >= 0.6 is 11.3 Å². The Morgan fingerprint density at radius 2 is 1.86 bits per heavy atom. The Kier molecular flexibility index (Phi) is 6.13. The quantitative estimate of drug-likeness (QED) is 0.666. The molecular formula is C22H26N2O4S. The molecule has 1 aromatic heterocycles. The molecule has 29 heavy (non-hydrogen) atoms. The summed E-state index contributed by atoms with van der Waals surface area (Å²) >= 11 is 1.42. The first-order valence-electron chi connectivity index (χ1n) is 10.2. The average molecular weight is 415 g/mol. The molecule has 0 aliphatic carbocycles. The molecule has 1 spiro atoms. The summed E-state index contributed by atoms with van der Waals surface area (Å²) in [6.45, 7) is 1.72. The monoisotopic (exact) mass is 414 g/mol. The SMILES string of the molecule is O=C(c1cscn1)N1CCC2(CCCCc3ccccc3OCCOC2=O)CC1. The van der Waals surface area contributed by atoms with Crippen LogP contribution in [0.4, 0.5) is 0 Å². The third-order valence-electron chi connectivity index (χ3n) is 5.99. The number of piperidine rings is 1. The maximum atomic E-state index is 13.0. The second-order valence-corrected chi connectivity index (χ2v) is 8.46. The zero-order valence-corrected chi connectivity index (χ0v) is 17.3. The molecule has 154 valence electrons. The van der Waals surface area contributed by atoms with Crippen molar-refractivity contribution in [2.24, 2.45) is 5.41 Å². The molecule has 1 saturated heterocycles. The summed E-state index contributed by atoms with van der Waals surface area (Å²) in [6, 6.07) is 8.07. The van der Waals surface area contributed by atoms with Gasteiger partial charge < -0.3 is 14.4 Å². The van der Waals surface area contributed by atoms with Gasteiger partial charge in [-0.25, -0.2) is 4.98 Å². The van der Waals surface area contributed by atoms with Gasteiger partial charge in [0.25, 0.3) is 5.91 Å². The van der Waals surface area contributed by atoms with Crippen LogP contribution in [0.5, 0.6) is 5.75 Å². The van der Waals surface area contributed by atoms with Crippen LogP contribution in [0.2, 0.25) is 0 Å². The normalized spacial score (nSPS) is 20.0. The van der Waals surface area contributed by atoms with E-state index in [0.717, 1.165) is 31.4 Å². The lowest BCUT2D eigenvalue weighted by molar-refractivity contribution is -0.160. The van der Waals surface area contributed by atoms with Crippen molar-refractivity contribution in [3.8, 4) is 5.75 Å². The molecule has 2 aliphatic rings. The van der Waals surface area contributed by atoms with Gasteiger partial charge in [-0.3, -0.25) is 9.59 Å². The molecule has 4 rings (SSSR count). The molecule has 3 heterocycles. The standard InChI is InChI=1S/C22H26N2O4S/c25-20(18-15-29-16-23-18)24-11-9-22(10-12-24)8-4-3-6-17-5-1-2-7-19(17)27-13-14-28-21(22)26/h1-2,5,7,15-16H,3-4,6,8-14H2. The van der Waals surface area contributed by atoms with E-state index in [0.29, 0.717) is 38.2 Å². The average Bonchev–Trinajstić information content (AvgIpc) is 3.29. The molecule has 2 aliphatic heterocycles. The van der Waals surface area contributed by atoms with Gasteiger partial charge in [0.2, 0.25) is 0 Å². The fourth-order valence-electron chi connectivity index (χ4n) is 4.24. The highest BCUT2D eigenvalue weighted by Crippen LogP contribution is 2.39. The van der Waals surface area contributed by atoms with E-state index in [1.165, 1.54) is 16.9 Å². The zero-order valence-electron chi connectivity index (χ0n) is 16.5. The number of carbonyl (C=O) groups is 2. The number of para-hydroxylation sites is 1. The fourth-order valence-corrected chi connectivity index (χ4v) is 4.77. The van der Waals surface area contributed by atoms with Crippen molar-refractivity contribution in [3.05, 3.63) is 46.4 Å². The molecule has 0 bridgehead atoms. The van der Waals surface area contributed by atoms with Crippen molar-refractivity contribution in [3.63, 3.8) is 0 Å². The lowest BCUT2D eigenvalue weighted by atomic mass is 9.74. The van der Waals surface area contributed by atoms with Crippen molar-refractivity contribution >= 4 is 23.2 Å². The van der Waals surface area contributed by atoms with E-state index in [4.69, 9.17) is 9.47 Å². The van der Waals surface area contributed by atoms with Crippen molar-refractivity contribution < 1.29 is 19.1 Å². The number of hydrogen-bond acceptors (Lipinski definition) is 6. The number of benzene rings is 1. The lowest BCUT2D eigenvalue weighted by Crippen LogP contribution is -2.47. The van der Waals surface area contributed by atoms with Crippen LogP contribution in [-0.2, 0) is 16.0 Å². The van der Waals surface area contributed by atoms with Crippen molar-refractivity contribution in [1.29, 1.82) is 0 Å². The summed E-state index contributed by atoms with van der Waals surface area (Å²) in [7, 11) is 0. The fraction of sp³-hybridized carbons (Fsp3) is 0.500. The Balaban J connectivity index is 1.42. The van der Waals surface area contributed by atoms with Gasteiger partial charge in [0.05, 0.1) is 10.9 Å². The van der Waals surface area contributed by atoms with Gasteiger partial charge in [-0.2, -0.15) is 0 Å². The second-order valence-electron chi connectivity index (χ2n) is 7.75. The number of aromatic nitrogens is 1. The van der Waals surface area contributed by atoms with E-state index >= 15 is 0 Å². The van der Waals surface area contributed by atoms with Crippen LogP contribution in [0, 0.1) is 5.41 Å². The first kappa shape index (κ1) is 19.9. The highest BCUT2D eigenvalue weighted by Gasteiger charge is 2.43. The second kappa shape index (κ2) is 8.95. The van der Waals surface area contributed by atoms with E-state index in [1.807, 2.05) is 23.1 Å². The van der Waals surface area contributed by atoms with E-state index < -0.39 is 5.41 Å². The number of likely N-dealkylation sites (tertiary alicyclic amines) is 1. The predicted molar refractivity (Wildman–Crippen MR) is 110 cm³/mol. The molecule has 1 aromatic carbocycles. The number of aryl methyl sites for hydroxylation is 1. The van der Waals surface area contributed by atoms with Gasteiger partial charge in [-0.1, -0.05) is 24.6 Å². The van der Waals surface area contributed by atoms with E-state index in [2.05, 4.69) is 11.1 Å². The Morgan fingerprint density at radius 3 is 2.66 bits per heavy atom. The Hall–Kier alpha value is -2.41. The summed E-state index contributed by atoms with van der Waals surface area (Å²) in [5.74, 6) is 0.691. The Morgan fingerprint density at radius 1 is 1.07 bits per heavy atom. The highest BCUT2D eigenvalue weighted by molar-refractivity contribution is 7.07. The summed E-state index contributed by atoms with van der Waals surface area (Å²) < 4.78 is 11.5. The number of thiazole rings is 1. The molecule has 2 aromatic rings. The molecule has 0 unspecified atom stereocenters. The first-order valence-corrected chi connectivity index (χ1v) is 11.2. The van der Waals surface area contributed by atoms with Gasteiger partial charge in [0.15, 0.2) is 0 Å². The summed E-state index contributed by atoms with van der Waals surface area (Å²) in [5, 5.41) is 1.77. The van der Waals surface area contributed by atoms with Gasteiger partial charge in [0.1, 0.15) is 24.7 Å². The number of rotatable bonds is 1. The van der Waals surface area contributed by atoms with Gasteiger partial charge in [-0.05, 0) is 43.7 Å². The smallest absolute Gasteiger partial charge is 0.312 e. The molecule has 0 N–H and O–H groups in total. The van der Waals surface area contributed by atoms with Gasteiger partial charge in [0, 0.05) is 18.5 Å². The largest absolute Gasteiger partial charge is 0.490 e. The highest BCUT2D eigenvalue weighted by atomic mass is 32.1. The molecule has 0 saturated carbocycles. The Bertz CT molecular complexity index is 844. The number of cyclic esters (lactones) is 1. The van der Waals surface area contributed by atoms with Crippen LogP contribution in [0.25, 0.3) is 0 Å². The van der Waals surface area contributed by atoms with E-state index in [-0.39, 0.29) is 18.5 Å². The third-order valence-corrected chi connectivity index (χ3v) is 6.58. The van der Waals surface area contributed by atoms with Gasteiger partial charge in [-0.15, -0.1) is 11.3 Å². The molecule has 1 amide bonds. The van der Waals surface area contributed by atoms with Crippen LogP contribution in [0.3, 0.4) is 0 Å². The van der Waals surface area contributed by atoms with Crippen molar-refractivity contribution in [1.82, 2.24) is 9.88 Å². The lowest BCUT2D eigenvalue weighted by Gasteiger charge is -2.40. The van der Waals surface area contributed by atoms with Gasteiger partial charge >= 0.3 is 5.97 Å². The zero-order chi connectivity index (χ0) is 20.1. The van der Waals surface area contributed by atoms with Crippen LogP contribution in [0.1, 0.15) is 48.2 Å². The summed E-state index contributed by atoms with van der Waals surface area (Å²) in [4.78, 5) is 31.5. The van der Waals surface area contributed by atoms with Crippen molar-refractivity contribution in [2.75, 3.05) is 26.3 Å². The molecule has 7 heteroatoms. The van der Waals surface area contributed by atoms with Crippen LogP contribution in [0.15, 0.2) is 35.2 Å². The number of hydrogen-bond donors (Lipinski definition) is 0. The number of carbonyl (C=O) groups excluding carboxylic acids is 2. The number of ether oxygens (including phenoxy) is 2. The molecule has 1 fully saturated rings. The molecular weight excluding hydrogens is 388 g/mol. The minimum Gasteiger partial charge on any atom is -0.490 e. The summed E-state index contributed by atoms with van der Waals surface area (Å²) in [5.41, 5.74) is 2.86. The van der Waals surface area contributed by atoms with Crippen LogP contribution in [-0.4, -0.2) is 48.1 Å². The van der Waals surface area contributed by atoms with Crippen molar-refractivity contribution in [2.45, 2.75) is 38.5 Å².